The molecule has 2 heterocycles. The first-order valence-corrected chi connectivity index (χ1v) is 12.1. The highest BCUT2D eigenvalue weighted by molar-refractivity contribution is 6.02. The number of halogens is 1. The van der Waals surface area contributed by atoms with Crippen LogP contribution < -0.4 is 10.1 Å². The lowest BCUT2D eigenvalue weighted by molar-refractivity contribution is -0.117. The molecule has 0 saturated heterocycles. The molecule has 5 rings (SSSR count). The number of nitrogens with zero attached hydrogens (tertiary/aromatic N) is 3. The number of ether oxygens (including phenoxy) is 1. The number of aromatic nitrogens is 2. The highest BCUT2D eigenvalue weighted by Gasteiger charge is 2.16. The summed E-state index contributed by atoms with van der Waals surface area (Å²) in [5.41, 5.74) is 2.99. The van der Waals surface area contributed by atoms with E-state index in [2.05, 4.69) is 5.32 Å². The minimum atomic E-state index is -0.533. The third-order valence-electron chi connectivity index (χ3n) is 5.89. The zero-order valence-electron chi connectivity index (χ0n) is 20.8. The third kappa shape index (κ3) is 6.12. The quantitative estimate of drug-likeness (QED) is 0.189. The molecule has 0 bridgehead atoms. The van der Waals surface area contributed by atoms with Gasteiger partial charge < -0.3 is 14.5 Å². The molecule has 0 unspecified atom stereocenters. The van der Waals surface area contributed by atoms with E-state index in [0.717, 1.165) is 5.69 Å². The molecule has 8 heteroatoms. The number of carbonyl (C=O) groups is 1. The van der Waals surface area contributed by atoms with Crippen molar-refractivity contribution < 1.29 is 18.3 Å². The lowest BCUT2D eigenvalue weighted by Gasteiger charge is -2.09. The summed E-state index contributed by atoms with van der Waals surface area (Å²) in [4.78, 5) is 12.8. The summed E-state index contributed by atoms with van der Waals surface area (Å²) < 4.78 is 26.8. The molecule has 0 saturated carbocycles. The number of benzene rings is 3. The van der Waals surface area contributed by atoms with E-state index in [1.165, 1.54) is 18.4 Å². The first-order valence-electron chi connectivity index (χ1n) is 12.1. The number of para-hydroxylation sites is 1. The summed E-state index contributed by atoms with van der Waals surface area (Å²) in [5, 5.41) is 17.2. The second-order valence-corrected chi connectivity index (χ2v) is 8.55. The van der Waals surface area contributed by atoms with Crippen molar-refractivity contribution in [1.29, 1.82) is 5.26 Å². The van der Waals surface area contributed by atoms with Crippen LogP contribution in [-0.4, -0.2) is 15.7 Å². The molecular weight excluding hydrogens is 495 g/mol. The second-order valence-electron chi connectivity index (χ2n) is 8.55. The molecule has 3 aromatic carbocycles. The highest BCUT2D eigenvalue weighted by Crippen LogP contribution is 2.29. The molecule has 0 fully saturated rings. The van der Waals surface area contributed by atoms with Crippen LogP contribution in [0.2, 0.25) is 0 Å². The third-order valence-corrected chi connectivity index (χ3v) is 5.89. The van der Waals surface area contributed by atoms with Crippen LogP contribution in [0.3, 0.4) is 0 Å². The standard InChI is InChI=1S/C31H23FN4O3/c32-29-14-5-4-8-23(29)21-39-27-12-6-9-22(17-27)30-25(20-36(35-30)26-10-2-1-3-11-26)16-24(18-33)31(37)34-19-28-13-7-15-38-28/h1-17,20H,19,21H2,(H,34,37)/b24-16-. The lowest BCUT2D eigenvalue weighted by Crippen LogP contribution is -2.23. The molecule has 0 radical (unpaired) electrons. The van der Waals surface area contributed by atoms with Crippen molar-refractivity contribution in [2.75, 3.05) is 0 Å². The van der Waals surface area contributed by atoms with Gasteiger partial charge in [-0.3, -0.25) is 4.79 Å². The molecule has 0 aliphatic heterocycles. The van der Waals surface area contributed by atoms with Gasteiger partial charge in [0.2, 0.25) is 0 Å². The predicted octanol–water partition coefficient (Wildman–Crippen LogP) is 6.07. The molecule has 1 N–H and O–H groups in total. The number of carbonyl (C=O) groups excluding carboxylic acids is 1. The Labute approximate surface area is 224 Å². The van der Waals surface area contributed by atoms with Crippen molar-refractivity contribution in [2.45, 2.75) is 13.2 Å². The van der Waals surface area contributed by atoms with Crippen LogP contribution in [0, 0.1) is 17.1 Å². The maximum atomic E-state index is 14.0. The van der Waals surface area contributed by atoms with Crippen LogP contribution >= 0.6 is 0 Å². The Hall–Kier alpha value is -5.42. The molecule has 0 aliphatic carbocycles. The Balaban J connectivity index is 1.46. The number of amides is 1. The van der Waals surface area contributed by atoms with E-state index in [1.807, 2.05) is 48.5 Å². The van der Waals surface area contributed by atoms with Crippen molar-refractivity contribution in [2.24, 2.45) is 0 Å². The fourth-order valence-corrected chi connectivity index (χ4v) is 3.92. The summed E-state index contributed by atoms with van der Waals surface area (Å²) in [6, 6.07) is 28.6. The van der Waals surface area contributed by atoms with E-state index >= 15 is 0 Å². The summed E-state index contributed by atoms with van der Waals surface area (Å²) >= 11 is 0. The van der Waals surface area contributed by atoms with Gasteiger partial charge in [-0.25, -0.2) is 9.07 Å². The summed E-state index contributed by atoms with van der Waals surface area (Å²) in [5.74, 6) is 0.230. The average molecular weight is 519 g/mol. The van der Waals surface area contributed by atoms with Gasteiger partial charge in [-0.2, -0.15) is 10.4 Å². The van der Waals surface area contributed by atoms with Gasteiger partial charge in [-0.1, -0.05) is 48.5 Å². The van der Waals surface area contributed by atoms with E-state index < -0.39 is 5.91 Å². The van der Waals surface area contributed by atoms with Crippen molar-refractivity contribution in [1.82, 2.24) is 15.1 Å². The Bertz CT molecular complexity index is 1650. The predicted molar refractivity (Wildman–Crippen MR) is 144 cm³/mol. The molecule has 192 valence electrons. The van der Waals surface area contributed by atoms with Gasteiger partial charge in [0.05, 0.1) is 18.5 Å². The highest BCUT2D eigenvalue weighted by atomic mass is 19.1. The fraction of sp³-hybridized carbons (Fsp3) is 0.0645. The molecule has 0 spiro atoms. The van der Waals surface area contributed by atoms with Gasteiger partial charge in [0, 0.05) is 22.9 Å². The lowest BCUT2D eigenvalue weighted by atomic mass is 10.1. The molecule has 39 heavy (non-hydrogen) atoms. The number of hydrogen-bond donors (Lipinski definition) is 1. The van der Waals surface area contributed by atoms with Crippen molar-refractivity contribution in [3.8, 4) is 28.8 Å². The number of nitrogens with one attached hydrogen (secondary N) is 1. The van der Waals surface area contributed by atoms with Gasteiger partial charge in [-0.15, -0.1) is 0 Å². The van der Waals surface area contributed by atoms with Gasteiger partial charge in [-0.05, 0) is 48.5 Å². The minimum Gasteiger partial charge on any atom is -0.489 e. The first-order chi connectivity index (χ1) is 19.1. The Morgan fingerprint density at radius 1 is 1.05 bits per heavy atom. The molecule has 0 atom stereocenters. The topological polar surface area (TPSA) is 93.1 Å². The Morgan fingerprint density at radius 2 is 1.87 bits per heavy atom. The molecule has 2 aromatic heterocycles. The van der Waals surface area contributed by atoms with Crippen LogP contribution in [0.15, 0.2) is 113 Å². The molecule has 5 aromatic rings. The van der Waals surface area contributed by atoms with Gasteiger partial charge in [0.1, 0.15) is 41.3 Å². The fourth-order valence-electron chi connectivity index (χ4n) is 3.92. The number of nitriles is 1. The Kier molecular flexibility index (Phi) is 7.61. The monoisotopic (exact) mass is 518 g/mol. The van der Waals surface area contributed by atoms with Crippen LogP contribution in [0.5, 0.6) is 5.75 Å². The second kappa shape index (κ2) is 11.8. The molecule has 7 nitrogen and oxygen atoms in total. The van der Waals surface area contributed by atoms with Crippen LogP contribution in [0.4, 0.5) is 4.39 Å². The van der Waals surface area contributed by atoms with Gasteiger partial charge in [0.25, 0.3) is 5.91 Å². The molecule has 1 amide bonds. The summed E-state index contributed by atoms with van der Waals surface area (Å²) in [6.45, 7) is 0.220. The number of furan rings is 1. The van der Waals surface area contributed by atoms with Gasteiger partial charge >= 0.3 is 0 Å². The summed E-state index contributed by atoms with van der Waals surface area (Å²) in [6.07, 6.45) is 4.78. The maximum absolute atomic E-state index is 14.0. The SMILES string of the molecule is N#C/C(=C/c1cn(-c2ccccc2)nc1-c1cccc(OCc2ccccc2F)c1)C(=O)NCc1ccco1. The van der Waals surface area contributed by atoms with Crippen LogP contribution in [-0.2, 0) is 17.9 Å². The van der Waals surface area contributed by atoms with E-state index in [1.54, 1.807) is 53.3 Å². The number of rotatable bonds is 9. The number of hydrogen-bond acceptors (Lipinski definition) is 5. The minimum absolute atomic E-state index is 0.0652. The van der Waals surface area contributed by atoms with Crippen LogP contribution in [0.25, 0.3) is 23.0 Å². The molecular formula is C31H23FN4O3. The largest absolute Gasteiger partial charge is 0.489 e. The first kappa shape index (κ1) is 25.2. The molecule has 0 aliphatic rings. The van der Waals surface area contributed by atoms with E-state index in [4.69, 9.17) is 14.3 Å². The maximum Gasteiger partial charge on any atom is 0.262 e. The van der Waals surface area contributed by atoms with E-state index in [0.29, 0.717) is 33.9 Å². The van der Waals surface area contributed by atoms with E-state index in [-0.39, 0.29) is 24.5 Å². The zero-order chi connectivity index (χ0) is 27.0. The zero-order valence-corrected chi connectivity index (χ0v) is 20.8. The van der Waals surface area contributed by atoms with Crippen molar-refractivity contribution in [3.63, 3.8) is 0 Å². The summed E-state index contributed by atoms with van der Waals surface area (Å²) in [7, 11) is 0. The van der Waals surface area contributed by atoms with Crippen molar-refractivity contribution >= 4 is 12.0 Å². The normalized spacial score (nSPS) is 11.1. The smallest absolute Gasteiger partial charge is 0.262 e. The Morgan fingerprint density at radius 3 is 2.64 bits per heavy atom. The average Bonchev–Trinajstić information content (AvgIpc) is 3.65. The van der Waals surface area contributed by atoms with Gasteiger partial charge in [0.15, 0.2) is 0 Å². The van der Waals surface area contributed by atoms with Crippen LogP contribution in [0.1, 0.15) is 16.9 Å². The van der Waals surface area contributed by atoms with Crippen molar-refractivity contribution in [3.05, 3.63) is 132 Å². The van der Waals surface area contributed by atoms with E-state index in [9.17, 15) is 14.4 Å².